The van der Waals surface area contributed by atoms with Crippen molar-refractivity contribution >= 4 is 43.9 Å². The number of anilines is 2. The van der Waals surface area contributed by atoms with Crippen LogP contribution in [0.5, 0.6) is 5.75 Å². The van der Waals surface area contributed by atoms with E-state index in [0.29, 0.717) is 30.3 Å². The Morgan fingerprint density at radius 2 is 1.41 bits per heavy atom. The van der Waals surface area contributed by atoms with Crippen molar-refractivity contribution in [2.24, 2.45) is 5.92 Å². The predicted octanol–water partition coefficient (Wildman–Crippen LogP) is 7.90. The molecule has 0 aromatic heterocycles. The lowest BCUT2D eigenvalue weighted by Gasteiger charge is -2.26. The lowest BCUT2D eigenvalue weighted by atomic mass is 9.95. The van der Waals surface area contributed by atoms with Crippen molar-refractivity contribution in [1.29, 1.82) is 0 Å². The van der Waals surface area contributed by atoms with Crippen molar-refractivity contribution in [2.75, 3.05) is 18.5 Å². The second-order valence-corrected chi connectivity index (χ2v) is 12.4. The van der Waals surface area contributed by atoms with E-state index in [9.17, 15) is 4.39 Å². The minimum absolute atomic E-state index is 0.0204. The van der Waals surface area contributed by atoms with Gasteiger partial charge in [0.2, 0.25) is 21.0 Å². The van der Waals surface area contributed by atoms with E-state index in [1.54, 1.807) is 6.07 Å². The van der Waals surface area contributed by atoms with E-state index >= 15 is 0 Å². The topological polar surface area (TPSA) is 58.2 Å². The van der Waals surface area contributed by atoms with Gasteiger partial charge < -0.3 is 28.4 Å². The first-order valence-electron chi connectivity index (χ1n) is 15.0. The molecule has 3 unspecified atom stereocenters. The first-order chi connectivity index (χ1) is 21.1. The van der Waals surface area contributed by atoms with Gasteiger partial charge in [0.15, 0.2) is 17.9 Å². The summed E-state index contributed by atoms with van der Waals surface area (Å²) in [6, 6.07) is 19.1. The third-order valence-corrected chi connectivity index (χ3v) is 8.15. The maximum atomic E-state index is 14.8. The van der Waals surface area contributed by atoms with Crippen LogP contribution < -0.4 is 10.1 Å². The van der Waals surface area contributed by atoms with E-state index in [-0.39, 0.29) is 30.0 Å². The van der Waals surface area contributed by atoms with E-state index < -0.39 is 12.1 Å². The zero-order chi connectivity index (χ0) is 32.1. The van der Waals surface area contributed by atoms with Crippen molar-refractivity contribution in [2.45, 2.75) is 84.9 Å². The molecule has 3 atom stereocenters. The summed E-state index contributed by atoms with van der Waals surface area (Å²) in [5.74, 6) is -0.105. The number of hydrogen-bond donors (Lipinski definition) is 1. The van der Waals surface area contributed by atoms with Gasteiger partial charge in [-0.25, -0.2) is 4.39 Å². The molecule has 1 N–H and O–H groups in total. The van der Waals surface area contributed by atoms with Gasteiger partial charge in [0.05, 0.1) is 19.3 Å². The Morgan fingerprint density at radius 1 is 0.795 bits per heavy atom. The molecule has 3 aromatic rings. The van der Waals surface area contributed by atoms with Crippen molar-refractivity contribution in [3.63, 3.8) is 0 Å². The molecular weight excluding hydrogens is 613 g/mol. The van der Waals surface area contributed by atoms with E-state index in [1.807, 2.05) is 64.1 Å². The van der Waals surface area contributed by atoms with Crippen LogP contribution in [0.25, 0.3) is 0 Å². The van der Waals surface area contributed by atoms with Crippen LogP contribution in [0.3, 0.4) is 0 Å². The second-order valence-electron chi connectivity index (χ2n) is 11.5. The molecule has 0 fully saturated rings. The van der Waals surface area contributed by atoms with E-state index in [0.717, 1.165) is 41.6 Å². The highest BCUT2D eigenvalue weighted by molar-refractivity contribution is 6.30. The van der Waals surface area contributed by atoms with E-state index in [1.165, 1.54) is 6.07 Å². The molecular formula is C34H43ClFNO5Si2. The molecule has 236 valence electrons. The zero-order valence-corrected chi connectivity index (χ0v) is 29.0. The molecule has 0 heterocycles. The van der Waals surface area contributed by atoms with Gasteiger partial charge in [-0.05, 0) is 100 Å². The molecule has 0 saturated carbocycles. The lowest BCUT2D eigenvalue weighted by Crippen LogP contribution is -2.29. The Morgan fingerprint density at radius 3 is 1.98 bits per heavy atom. The fourth-order valence-corrected chi connectivity index (χ4v) is 4.97. The van der Waals surface area contributed by atoms with Gasteiger partial charge >= 0.3 is 0 Å². The largest absolute Gasteiger partial charge is 0.488 e. The highest BCUT2D eigenvalue weighted by atomic mass is 35.5. The average Bonchev–Trinajstić information content (AvgIpc) is 2.99. The molecule has 3 aromatic carbocycles. The number of hydrogen-bond acceptors (Lipinski definition) is 6. The fraction of sp³-hybridized carbons (Fsp3) is 0.471. The second kappa shape index (κ2) is 18.7. The molecule has 10 heteroatoms. The summed E-state index contributed by atoms with van der Waals surface area (Å²) in [5, 5.41) is 4.10. The molecule has 0 aliphatic rings. The summed E-state index contributed by atoms with van der Waals surface area (Å²) < 4.78 is 43.1. The first-order valence-corrected chi connectivity index (χ1v) is 16.2. The Labute approximate surface area is 274 Å². The summed E-state index contributed by atoms with van der Waals surface area (Å²) in [5.41, 5.74) is 4.87. The molecule has 0 saturated heterocycles. The van der Waals surface area contributed by atoms with E-state index in [2.05, 4.69) is 45.3 Å². The van der Waals surface area contributed by atoms with Crippen molar-refractivity contribution < 1.29 is 27.5 Å². The van der Waals surface area contributed by atoms with Crippen LogP contribution >= 0.6 is 11.6 Å². The third-order valence-electron chi connectivity index (χ3n) is 7.09. The first kappa shape index (κ1) is 36.2. The van der Waals surface area contributed by atoms with Gasteiger partial charge in [-0.3, -0.25) is 0 Å². The lowest BCUT2D eigenvalue weighted by molar-refractivity contribution is -0.173. The maximum Gasteiger partial charge on any atom is 0.246 e. The summed E-state index contributed by atoms with van der Waals surface area (Å²) in [6.07, 6.45) is 2.40. The Kier molecular flexibility index (Phi) is 15.4. The Bertz CT molecular complexity index is 1270. The van der Waals surface area contributed by atoms with Crippen molar-refractivity contribution in [3.05, 3.63) is 88.2 Å². The van der Waals surface area contributed by atoms with Crippen LogP contribution in [0.15, 0.2) is 60.7 Å². The average molecular weight is 656 g/mol. The SMILES string of the molecule is CC(C)Oc1ccc(Nc2ccc(CC(C)C(OCCC(C)O[Si])OCCC(C)O[Si])cc2Cc2ccc(Cl)cc2)cc1F. The number of rotatable bonds is 19. The molecule has 0 aliphatic heterocycles. The number of halogens is 2. The standard InChI is InChI=1S/C34H43ClFNO5Si2/c1-22(2)40-33-13-11-30(21-31(33)36)37-32-12-8-27(20-28(32)19-26-6-9-29(35)10-7-26)18-23(3)34(38-16-14-24(4)41-43)39-17-15-25(5)42-44/h6-13,20-25,34,37H,14-19H2,1-5H3. The molecule has 6 nitrogen and oxygen atoms in total. The highest BCUT2D eigenvalue weighted by Gasteiger charge is 2.21. The minimum atomic E-state index is -0.409. The van der Waals surface area contributed by atoms with Crippen LogP contribution in [0.1, 0.15) is 64.2 Å². The number of ether oxygens (including phenoxy) is 3. The molecule has 0 aliphatic carbocycles. The fourth-order valence-electron chi connectivity index (χ4n) is 4.61. The molecule has 0 bridgehead atoms. The minimum Gasteiger partial charge on any atom is -0.488 e. The molecule has 0 amide bonds. The Hall–Kier alpha value is -2.25. The summed E-state index contributed by atoms with van der Waals surface area (Å²) in [7, 11) is 6.21. The predicted molar refractivity (Wildman–Crippen MR) is 177 cm³/mol. The van der Waals surface area contributed by atoms with Gasteiger partial charge in [0.1, 0.15) is 0 Å². The van der Waals surface area contributed by atoms with Gasteiger partial charge in [-0.1, -0.05) is 42.8 Å². The molecule has 0 spiro atoms. The van der Waals surface area contributed by atoms with Gasteiger partial charge in [-0.15, -0.1) is 0 Å². The number of nitrogens with one attached hydrogen (secondary N) is 1. The summed E-state index contributed by atoms with van der Waals surface area (Å²) in [6.45, 7) is 10.8. The van der Waals surface area contributed by atoms with Crippen LogP contribution in [0.2, 0.25) is 5.02 Å². The molecule has 3 rings (SSSR count). The quantitative estimate of drug-likeness (QED) is 0.105. The van der Waals surface area contributed by atoms with Gasteiger partial charge in [0, 0.05) is 40.6 Å². The third kappa shape index (κ3) is 12.3. The van der Waals surface area contributed by atoms with Crippen LogP contribution in [-0.4, -0.2) is 58.8 Å². The van der Waals surface area contributed by atoms with Crippen molar-refractivity contribution in [3.8, 4) is 5.75 Å². The monoisotopic (exact) mass is 655 g/mol. The van der Waals surface area contributed by atoms with Gasteiger partial charge in [0.25, 0.3) is 0 Å². The van der Waals surface area contributed by atoms with Crippen LogP contribution in [0.4, 0.5) is 15.8 Å². The smallest absolute Gasteiger partial charge is 0.246 e. The van der Waals surface area contributed by atoms with Crippen LogP contribution in [0, 0.1) is 11.7 Å². The highest BCUT2D eigenvalue weighted by Crippen LogP contribution is 2.29. The van der Waals surface area contributed by atoms with Gasteiger partial charge in [-0.2, -0.15) is 0 Å². The maximum absolute atomic E-state index is 14.8. The molecule has 6 radical (unpaired) electrons. The summed E-state index contributed by atoms with van der Waals surface area (Å²) in [4.78, 5) is 0. The zero-order valence-electron chi connectivity index (χ0n) is 26.2. The van der Waals surface area contributed by atoms with E-state index in [4.69, 9.17) is 34.7 Å². The number of benzene rings is 3. The van der Waals surface area contributed by atoms with Crippen LogP contribution in [-0.2, 0) is 31.2 Å². The molecule has 44 heavy (non-hydrogen) atoms. The normalized spacial score (nSPS) is 14.3. The van der Waals surface area contributed by atoms with Crippen molar-refractivity contribution in [1.82, 2.24) is 0 Å². The summed E-state index contributed by atoms with van der Waals surface area (Å²) >= 11 is 6.15. The Balaban J connectivity index is 1.82.